The third-order valence-corrected chi connectivity index (χ3v) is 4.30. The molecule has 1 unspecified atom stereocenters. The second-order valence-corrected chi connectivity index (χ2v) is 5.43. The maximum Gasteiger partial charge on any atom is 0.326 e. The fraction of sp³-hybridized carbons (Fsp3) is 0.385. The molecule has 1 saturated heterocycles. The van der Waals surface area contributed by atoms with Crippen LogP contribution >= 0.6 is 15.9 Å². The highest BCUT2D eigenvalue weighted by molar-refractivity contribution is 9.10. The predicted octanol–water partition coefficient (Wildman–Crippen LogP) is 1.42. The highest BCUT2D eigenvalue weighted by atomic mass is 79.9. The number of carboxylic acid groups (broad SMARTS) is 1. The number of carbonyl (C=O) groups excluding carboxylic acids is 1. The number of carbonyl (C=O) groups is 2. The van der Waals surface area contributed by atoms with Crippen LogP contribution in [0.25, 0.3) is 0 Å². The molecule has 1 aromatic rings. The second kappa shape index (κ2) is 5.30. The van der Waals surface area contributed by atoms with E-state index in [4.69, 9.17) is 5.11 Å². The summed E-state index contributed by atoms with van der Waals surface area (Å²) in [5, 5.41) is 18.7. The minimum Gasteiger partial charge on any atom is -0.480 e. The molecule has 1 aromatic carbocycles. The van der Waals surface area contributed by atoms with Crippen molar-refractivity contribution in [3.05, 3.63) is 33.8 Å². The van der Waals surface area contributed by atoms with Crippen molar-refractivity contribution in [1.82, 2.24) is 4.90 Å². The highest BCUT2D eigenvalue weighted by Gasteiger charge is 2.39. The zero-order valence-corrected chi connectivity index (χ0v) is 11.9. The molecule has 6 heteroatoms. The summed E-state index contributed by atoms with van der Waals surface area (Å²) in [6, 6.07) is 4.28. The summed E-state index contributed by atoms with van der Waals surface area (Å²) >= 11 is 3.34. The van der Waals surface area contributed by atoms with Gasteiger partial charge in [0.15, 0.2) is 0 Å². The van der Waals surface area contributed by atoms with Gasteiger partial charge in [-0.3, -0.25) is 4.79 Å². The van der Waals surface area contributed by atoms with Crippen molar-refractivity contribution in [1.29, 1.82) is 0 Å². The molecule has 0 spiro atoms. The standard InChI is InChI=1S/C13H14BrNO4/c1-7-3-2-4-9(11(7)14)12(17)15-6-8(16)5-10(15)13(18)19/h2-4,8,10,16H,5-6H2,1H3,(H,18,19)/t8?,10-/m0/s1. The normalized spacial score (nSPS) is 22.6. The number of nitrogens with zero attached hydrogens (tertiary/aromatic N) is 1. The lowest BCUT2D eigenvalue weighted by molar-refractivity contribution is -0.141. The summed E-state index contributed by atoms with van der Waals surface area (Å²) in [6.07, 6.45) is -0.710. The summed E-state index contributed by atoms with van der Waals surface area (Å²) in [6.45, 7) is 1.91. The van der Waals surface area contributed by atoms with Crippen LogP contribution in [0.4, 0.5) is 0 Å². The lowest BCUT2D eigenvalue weighted by Gasteiger charge is -2.22. The number of amides is 1. The fourth-order valence-electron chi connectivity index (χ4n) is 2.24. The molecule has 0 aromatic heterocycles. The number of β-amino-alcohol motifs (C(OH)–C–C–N with tert-alkyl or cyclic N) is 1. The summed E-state index contributed by atoms with van der Waals surface area (Å²) in [5.74, 6) is -1.46. The van der Waals surface area contributed by atoms with Gasteiger partial charge in [0.05, 0.1) is 11.7 Å². The summed E-state index contributed by atoms with van der Waals surface area (Å²) in [7, 11) is 0. The van der Waals surface area contributed by atoms with Crippen molar-refractivity contribution in [2.24, 2.45) is 0 Å². The zero-order chi connectivity index (χ0) is 14.2. The number of hydrogen-bond donors (Lipinski definition) is 2. The minimum absolute atomic E-state index is 0.0518. The molecule has 1 aliphatic heterocycles. The van der Waals surface area contributed by atoms with Crippen LogP contribution in [0, 0.1) is 6.92 Å². The van der Waals surface area contributed by atoms with Crippen LogP contribution in [-0.4, -0.2) is 45.7 Å². The second-order valence-electron chi connectivity index (χ2n) is 4.64. The number of likely N-dealkylation sites (tertiary alicyclic amines) is 1. The number of halogens is 1. The average Bonchev–Trinajstić information content (AvgIpc) is 2.74. The van der Waals surface area contributed by atoms with Crippen molar-refractivity contribution in [3.63, 3.8) is 0 Å². The first-order valence-corrected chi connectivity index (χ1v) is 6.68. The van der Waals surface area contributed by atoms with E-state index in [0.29, 0.717) is 10.0 Å². The Hall–Kier alpha value is -1.40. The highest BCUT2D eigenvalue weighted by Crippen LogP contribution is 2.26. The molecule has 1 aliphatic rings. The molecule has 1 heterocycles. The molecular formula is C13H14BrNO4. The molecular weight excluding hydrogens is 314 g/mol. The van der Waals surface area contributed by atoms with Crippen molar-refractivity contribution in [2.45, 2.75) is 25.5 Å². The first-order valence-electron chi connectivity index (χ1n) is 5.88. The monoisotopic (exact) mass is 327 g/mol. The van der Waals surface area contributed by atoms with Gasteiger partial charge in [-0.2, -0.15) is 0 Å². The van der Waals surface area contributed by atoms with E-state index in [1.54, 1.807) is 12.1 Å². The number of aliphatic hydroxyl groups is 1. The van der Waals surface area contributed by atoms with Gasteiger partial charge in [-0.1, -0.05) is 12.1 Å². The van der Waals surface area contributed by atoms with Crippen molar-refractivity contribution < 1.29 is 19.8 Å². The maximum absolute atomic E-state index is 12.4. The quantitative estimate of drug-likeness (QED) is 0.861. The van der Waals surface area contributed by atoms with Gasteiger partial charge in [-0.25, -0.2) is 4.79 Å². The number of rotatable bonds is 2. The van der Waals surface area contributed by atoms with Gasteiger partial charge in [0.25, 0.3) is 5.91 Å². The largest absolute Gasteiger partial charge is 0.480 e. The number of hydrogen-bond acceptors (Lipinski definition) is 3. The predicted molar refractivity (Wildman–Crippen MR) is 72.0 cm³/mol. The Kier molecular flexibility index (Phi) is 3.91. The number of aliphatic carboxylic acids is 1. The van der Waals surface area contributed by atoms with Crippen LogP contribution in [0.3, 0.4) is 0 Å². The molecule has 0 aliphatic carbocycles. The van der Waals surface area contributed by atoms with Crippen molar-refractivity contribution >= 4 is 27.8 Å². The van der Waals surface area contributed by atoms with Crippen molar-refractivity contribution in [2.75, 3.05) is 6.54 Å². The average molecular weight is 328 g/mol. The van der Waals surface area contributed by atoms with Gasteiger partial charge in [-0.15, -0.1) is 0 Å². The van der Waals surface area contributed by atoms with Gasteiger partial charge < -0.3 is 15.1 Å². The Labute approximate surface area is 119 Å². The summed E-state index contributed by atoms with van der Waals surface area (Å²) in [4.78, 5) is 24.7. The SMILES string of the molecule is Cc1cccc(C(=O)N2CC(O)C[C@H]2C(=O)O)c1Br. The third-order valence-electron chi connectivity index (χ3n) is 3.25. The Morgan fingerprint density at radius 2 is 2.11 bits per heavy atom. The molecule has 1 amide bonds. The first kappa shape index (κ1) is 14.0. The van der Waals surface area contributed by atoms with Crippen LogP contribution in [-0.2, 0) is 4.79 Å². The first-order chi connectivity index (χ1) is 8.91. The van der Waals surface area contributed by atoms with E-state index in [1.165, 1.54) is 4.90 Å². The van der Waals surface area contributed by atoms with E-state index >= 15 is 0 Å². The summed E-state index contributed by atoms with van der Waals surface area (Å²) in [5.41, 5.74) is 1.32. The van der Waals surface area contributed by atoms with Crippen molar-refractivity contribution in [3.8, 4) is 0 Å². The smallest absolute Gasteiger partial charge is 0.326 e. The Morgan fingerprint density at radius 1 is 1.42 bits per heavy atom. The molecule has 1 fully saturated rings. The Balaban J connectivity index is 2.33. The molecule has 19 heavy (non-hydrogen) atoms. The molecule has 0 saturated carbocycles. The number of carboxylic acids is 1. The molecule has 2 N–H and O–H groups in total. The van der Waals surface area contributed by atoms with E-state index in [9.17, 15) is 14.7 Å². The van der Waals surface area contributed by atoms with E-state index < -0.39 is 18.1 Å². The van der Waals surface area contributed by atoms with Gasteiger partial charge in [0.1, 0.15) is 6.04 Å². The third kappa shape index (κ3) is 2.64. The fourth-order valence-corrected chi connectivity index (χ4v) is 2.67. The Bertz CT molecular complexity index is 531. The van der Waals surface area contributed by atoms with Gasteiger partial charge in [-0.05, 0) is 34.5 Å². The van der Waals surface area contributed by atoms with Gasteiger partial charge in [0.2, 0.25) is 0 Å². The number of aryl methyl sites for hydroxylation is 1. The number of aliphatic hydroxyl groups excluding tert-OH is 1. The van der Waals surface area contributed by atoms with Crippen LogP contribution in [0.1, 0.15) is 22.3 Å². The van der Waals surface area contributed by atoms with E-state index in [1.807, 2.05) is 13.0 Å². The molecule has 2 rings (SSSR count). The zero-order valence-electron chi connectivity index (χ0n) is 10.3. The van der Waals surface area contributed by atoms with Crippen LogP contribution in [0.15, 0.2) is 22.7 Å². The lowest BCUT2D eigenvalue weighted by Crippen LogP contribution is -2.40. The van der Waals surface area contributed by atoms with Crippen LogP contribution in [0.5, 0.6) is 0 Å². The van der Waals surface area contributed by atoms with Gasteiger partial charge >= 0.3 is 5.97 Å². The van der Waals surface area contributed by atoms with Gasteiger partial charge in [0, 0.05) is 17.4 Å². The topological polar surface area (TPSA) is 77.8 Å². The van der Waals surface area contributed by atoms with E-state index in [2.05, 4.69) is 15.9 Å². The van der Waals surface area contributed by atoms with Crippen LogP contribution in [0.2, 0.25) is 0 Å². The lowest BCUT2D eigenvalue weighted by atomic mass is 10.1. The molecule has 0 radical (unpaired) electrons. The maximum atomic E-state index is 12.4. The Morgan fingerprint density at radius 3 is 2.74 bits per heavy atom. The molecule has 0 bridgehead atoms. The van der Waals surface area contributed by atoms with E-state index in [-0.39, 0.29) is 18.9 Å². The van der Waals surface area contributed by atoms with Crippen LogP contribution < -0.4 is 0 Å². The molecule has 5 nitrogen and oxygen atoms in total. The summed E-state index contributed by atoms with van der Waals surface area (Å²) < 4.78 is 0.658. The molecule has 102 valence electrons. The van der Waals surface area contributed by atoms with E-state index in [0.717, 1.165) is 5.56 Å². The minimum atomic E-state index is -1.09. The number of benzene rings is 1. The molecule has 2 atom stereocenters.